The van der Waals surface area contributed by atoms with Gasteiger partial charge in [-0.05, 0) is 51.4 Å². The Morgan fingerprint density at radius 3 is 2.60 bits per heavy atom. The molecule has 1 heterocycles. The molecule has 1 aliphatic carbocycles. The first kappa shape index (κ1) is 11.4. The van der Waals surface area contributed by atoms with Crippen molar-refractivity contribution < 1.29 is 9.84 Å². The largest absolute Gasteiger partial charge is 0.390 e. The molecule has 3 nitrogen and oxygen atoms in total. The van der Waals surface area contributed by atoms with E-state index in [0.717, 1.165) is 45.1 Å². The minimum atomic E-state index is -0.443. The van der Waals surface area contributed by atoms with Gasteiger partial charge in [-0.25, -0.2) is 0 Å². The van der Waals surface area contributed by atoms with Gasteiger partial charge in [-0.1, -0.05) is 0 Å². The second-order valence-corrected chi connectivity index (χ2v) is 5.24. The van der Waals surface area contributed by atoms with Crippen molar-refractivity contribution in [2.75, 3.05) is 6.61 Å². The molecule has 1 aliphatic heterocycles. The standard InChI is InChI=1S/C12H23NO2/c13-10-3-6-12(14,7-4-10)8-5-11-2-1-9-15-11/h10-11,14H,1-9,13H2. The van der Waals surface area contributed by atoms with E-state index in [2.05, 4.69) is 0 Å². The molecule has 0 spiro atoms. The summed E-state index contributed by atoms with van der Waals surface area (Å²) in [6, 6.07) is 0.313. The third-order valence-electron chi connectivity index (χ3n) is 3.92. The van der Waals surface area contributed by atoms with Crippen LogP contribution >= 0.6 is 0 Å². The van der Waals surface area contributed by atoms with Gasteiger partial charge in [0.2, 0.25) is 0 Å². The van der Waals surface area contributed by atoms with E-state index < -0.39 is 5.60 Å². The number of hydrogen-bond acceptors (Lipinski definition) is 3. The van der Waals surface area contributed by atoms with Crippen LogP contribution in [-0.4, -0.2) is 29.5 Å². The summed E-state index contributed by atoms with van der Waals surface area (Å²) in [5.41, 5.74) is 5.40. The molecule has 0 bridgehead atoms. The molecule has 15 heavy (non-hydrogen) atoms. The topological polar surface area (TPSA) is 55.5 Å². The van der Waals surface area contributed by atoms with Gasteiger partial charge in [0.05, 0.1) is 11.7 Å². The Labute approximate surface area is 92.0 Å². The Balaban J connectivity index is 1.72. The van der Waals surface area contributed by atoms with E-state index in [4.69, 9.17) is 10.5 Å². The SMILES string of the molecule is NC1CCC(O)(CCC2CCCO2)CC1. The van der Waals surface area contributed by atoms with E-state index >= 15 is 0 Å². The van der Waals surface area contributed by atoms with Gasteiger partial charge in [-0.3, -0.25) is 0 Å². The zero-order valence-corrected chi connectivity index (χ0v) is 9.45. The van der Waals surface area contributed by atoms with Gasteiger partial charge in [0, 0.05) is 12.6 Å². The summed E-state index contributed by atoms with van der Waals surface area (Å²) in [5, 5.41) is 10.3. The van der Waals surface area contributed by atoms with E-state index in [9.17, 15) is 5.11 Å². The molecule has 0 aromatic rings. The minimum Gasteiger partial charge on any atom is -0.390 e. The molecule has 0 aromatic carbocycles. The molecule has 2 aliphatic rings. The van der Waals surface area contributed by atoms with Crippen LogP contribution < -0.4 is 5.73 Å². The molecule has 0 amide bonds. The zero-order valence-electron chi connectivity index (χ0n) is 9.45. The van der Waals surface area contributed by atoms with Crippen molar-refractivity contribution >= 4 is 0 Å². The molecule has 1 saturated carbocycles. The van der Waals surface area contributed by atoms with Crippen LogP contribution in [0, 0.1) is 0 Å². The highest BCUT2D eigenvalue weighted by atomic mass is 16.5. The van der Waals surface area contributed by atoms with Crippen molar-refractivity contribution in [3.63, 3.8) is 0 Å². The lowest BCUT2D eigenvalue weighted by molar-refractivity contribution is -0.0216. The van der Waals surface area contributed by atoms with Crippen LogP contribution in [-0.2, 0) is 4.74 Å². The summed E-state index contributed by atoms with van der Waals surface area (Å²) in [7, 11) is 0. The van der Waals surface area contributed by atoms with Crippen LogP contribution in [0.5, 0.6) is 0 Å². The molecular formula is C12H23NO2. The number of rotatable bonds is 3. The predicted molar refractivity (Wildman–Crippen MR) is 59.6 cm³/mol. The summed E-state index contributed by atoms with van der Waals surface area (Å²) in [5.74, 6) is 0. The van der Waals surface area contributed by atoms with Crippen LogP contribution in [0.15, 0.2) is 0 Å². The molecule has 2 rings (SSSR count). The fourth-order valence-electron chi connectivity index (χ4n) is 2.73. The first-order valence-corrected chi connectivity index (χ1v) is 6.27. The van der Waals surface area contributed by atoms with Crippen molar-refractivity contribution in [1.82, 2.24) is 0 Å². The Bertz CT molecular complexity index is 194. The molecule has 3 heteroatoms. The molecule has 88 valence electrons. The lowest BCUT2D eigenvalue weighted by atomic mass is 9.79. The summed E-state index contributed by atoms with van der Waals surface area (Å²) in [4.78, 5) is 0. The first-order valence-electron chi connectivity index (χ1n) is 6.27. The van der Waals surface area contributed by atoms with Gasteiger partial charge in [-0.2, -0.15) is 0 Å². The van der Waals surface area contributed by atoms with E-state index in [0.29, 0.717) is 12.1 Å². The number of ether oxygens (including phenoxy) is 1. The average Bonchev–Trinajstić information content (AvgIpc) is 2.73. The Hall–Kier alpha value is -0.120. The van der Waals surface area contributed by atoms with E-state index in [1.165, 1.54) is 12.8 Å². The van der Waals surface area contributed by atoms with E-state index in [-0.39, 0.29) is 0 Å². The fraction of sp³-hybridized carbons (Fsp3) is 1.00. The average molecular weight is 213 g/mol. The van der Waals surface area contributed by atoms with Crippen molar-refractivity contribution in [3.8, 4) is 0 Å². The highest BCUT2D eigenvalue weighted by molar-refractivity contribution is 4.87. The Morgan fingerprint density at radius 1 is 1.27 bits per heavy atom. The maximum Gasteiger partial charge on any atom is 0.0650 e. The lowest BCUT2D eigenvalue weighted by Crippen LogP contribution is -2.39. The summed E-state index contributed by atoms with van der Waals surface area (Å²) < 4.78 is 5.57. The van der Waals surface area contributed by atoms with E-state index in [1.54, 1.807) is 0 Å². The third kappa shape index (κ3) is 3.16. The zero-order chi connectivity index (χ0) is 10.7. The summed E-state index contributed by atoms with van der Waals surface area (Å²) in [6.07, 6.45) is 8.38. The van der Waals surface area contributed by atoms with Crippen LogP contribution in [0.1, 0.15) is 51.4 Å². The van der Waals surface area contributed by atoms with Gasteiger partial charge >= 0.3 is 0 Å². The van der Waals surface area contributed by atoms with Crippen LogP contribution in [0.25, 0.3) is 0 Å². The van der Waals surface area contributed by atoms with Crippen molar-refractivity contribution in [2.24, 2.45) is 5.73 Å². The van der Waals surface area contributed by atoms with Crippen molar-refractivity contribution in [1.29, 1.82) is 0 Å². The van der Waals surface area contributed by atoms with Crippen molar-refractivity contribution in [2.45, 2.75) is 69.1 Å². The molecule has 2 fully saturated rings. The van der Waals surface area contributed by atoms with E-state index in [1.807, 2.05) is 0 Å². The van der Waals surface area contributed by atoms with Crippen LogP contribution in [0.3, 0.4) is 0 Å². The fourth-order valence-corrected chi connectivity index (χ4v) is 2.73. The van der Waals surface area contributed by atoms with Gasteiger partial charge in [0.15, 0.2) is 0 Å². The molecule has 0 aromatic heterocycles. The van der Waals surface area contributed by atoms with Gasteiger partial charge in [-0.15, -0.1) is 0 Å². The highest BCUT2D eigenvalue weighted by Gasteiger charge is 2.32. The third-order valence-corrected chi connectivity index (χ3v) is 3.92. The van der Waals surface area contributed by atoms with Gasteiger partial charge < -0.3 is 15.6 Å². The number of aliphatic hydroxyl groups is 1. The molecule has 3 N–H and O–H groups in total. The quantitative estimate of drug-likeness (QED) is 0.748. The highest BCUT2D eigenvalue weighted by Crippen LogP contribution is 2.33. The smallest absolute Gasteiger partial charge is 0.0650 e. The maximum absolute atomic E-state index is 10.3. The molecule has 1 saturated heterocycles. The maximum atomic E-state index is 10.3. The minimum absolute atomic E-state index is 0.313. The Morgan fingerprint density at radius 2 is 2.00 bits per heavy atom. The Kier molecular flexibility index (Phi) is 3.65. The van der Waals surface area contributed by atoms with Crippen LogP contribution in [0.4, 0.5) is 0 Å². The molecule has 1 unspecified atom stereocenters. The predicted octanol–water partition coefficient (Wildman–Crippen LogP) is 1.58. The normalized spacial score (nSPS) is 42.0. The number of hydrogen-bond donors (Lipinski definition) is 2. The molecule has 1 atom stereocenters. The molecule has 0 radical (unpaired) electrons. The first-order chi connectivity index (χ1) is 7.18. The van der Waals surface area contributed by atoms with Gasteiger partial charge in [0.25, 0.3) is 0 Å². The monoisotopic (exact) mass is 213 g/mol. The second-order valence-electron chi connectivity index (χ2n) is 5.24. The number of nitrogens with two attached hydrogens (primary N) is 1. The summed E-state index contributed by atoms with van der Waals surface area (Å²) >= 11 is 0. The lowest BCUT2D eigenvalue weighted by Gasteiger charge is -2.35. The van der Waals surface area contributed by atoms with Crippen molar-refractivity contribution in [3.05, 3.63) is 0 Å². The summed E-state index contributed by atoms with van der Waals surface area (Å²) in [6.45, 7) is 0.911. The second kappa shape index (κ2) is 4.81. The van der Waals surface area contributed by atoms with Crippen LogP contribution in [0.2, 0.25) is 0 Å². The van der Waals surface area contributed by atoms with Gasteiger partial charge in [0.1, 0.15) is 0 Å². The molecular weight excluding hydrogens is 190 g/mol.